The van der Waals surface area contributed by atoms with Crippen LogP contribution in [0.5, 0.6) is 0 Å². The number of rotatable bonds is 7. The molecule has 9 nitrogen and oxygen atoms in total. The summed E-state index contributed by atoms with van der Waals surface area (Å²) >= 11 is 1.53. The van der Waals surface area contributed by atoms with Crippen LogP contribution in [-0.4, -0.2) is 87.1 Å². The maximum atomic E-state index is 13.4. The highest BCUT2D eigenvalue weighted by Crippen LogP contribution is 2.34. The highest BCUT2D eigenvalue weighted by molar-refractivity contribution is 7.14. The summed E-state index contributed by atoms with van der Waals surface area (Å²) in [7, 11) is 1.99. The van der Waals surface area contributed by atoms with Gasteiger partial charge in [0, 0.05) is 56.3 Å². The number of nitrogens with zero attached hydrogens (tertiary/aromatic N) is 8. The molecule has 1 amide bonds. The van der Waals surface area contributed by atoms with Crippen LogP contribution >= 0.6 is 11.3 Å². The van der Waals surface area contributed by atoms with E-state index in [9.17, 15) is 9.18 Å². The maximum absolute atomic E-state index is 13.4. The number of anilines is 3. The molecule has 0 bridgehead atoms. The third-order valence-electron chi connectivity index (χ3n) is 8.38. The lowest BCUT2D eigenvalue weighted by Crippen LogP contribution is -2.51. The molecule has 0 saturated carbocycles. The Morgan fingerprint density at radius 2 is 1.73 bits per heavy atom. The van der Waals surface area contributed by atoms with Crippen molar-refractivity contribution in [1.82, 2.24) is 29.4 Å². The Balaban J connectivity index is 1.19. The molecule has 3 aromatic heterocycles. The lowest BCUT2D eigenvalue weighted by Gasteiger charge is -2.36. The van der Waals surface area contributed by atoms with Gasteiger partial charge in [0.2, 0.25) is 5.91 Å². The molecule has 2 unspecified atom stereocenters. The molecule has 0 aliphatic carbocycles. The Bertz CT molecular complexity index is 1520. The Morgan fingerprint density at radius 3 is 2.41 bits per heavy atom. The number of carbonyl (C=O) groups excluding carboxylic acids is 1. The lowest BCUT2D eigenvalue weighted by molar-refractivity contribution is -0.134. The summed E-state index contributed by atoms with van der Waals surface area (Å²) in [6.07, 6.45) is 2.95. The minimum Gasteiger partial charge on any atom is -0.353 e. The van der Waals surface area contributed by atoms with Crippen LogP contribution < -0.4 is 9.80 Å². The third kappa shape index (κ3) is 5.40. The summed E-state index contributed by atoms with van der Waals surface area (Å²) in [4.78, 5) is 31.4. The van der Waals surface area contributed by atoms with Crippen molar-refractivity contribution in [3.63, 3.8) is 0 Å². The van der Waals surface area contributed by atoms with E-state index in [0.717, 1.165) is 84.8 Å². The van der Waals surface area contributed by atoms with Crippen LogP contribution in [-0.2, 0) is 11.2 Å². The van der Waals surface area contributed by atoms with E-state index in [2.05, 4.69) is 35.5 Å². The van der Waals surface area contributed by atoms with Gasteiger partial charge >= 0.3 is 0 Å². The predicted molar refractivity (Wildman–Crippen MR) is 162 cm³/mol. The fourth-order valence-electron chi connectivity index (χ4n) is 6.06. The van der Waals surface area contributed by atoms with Crippen LogP contribution in [0.2, 0.25) is 0 Å². The van der Waals surface area contributed by atoms with Gasteiger partial charge in [0.25, 0.3) is 0 Å². The van der Waals surface area contributed by atoms with E-state index in [4.69, 9.17) is 15.1 Å². The second kappa shape index (κ2) is 11.4. The quantitative estimate of drug-likeness (QED) is 0.312. The van der Waals surface area contributed by atoms with E-state index in [-0.39, 0.29) is 11.7 Å². The van der Waals surface area contributed by atoms with Crippen molar-refractivity contribution >= 4 is 39.7 Å². The van der Waals surface area contributed by atoms with Crippen molar-refractivity contribution in [2.24, 2.45) is 0 Å². The molecular weight excluding hydrogens is 539 g/mol. The van der Waals surface area contributed by atoms with Crippen LogP contribution in [0.1, 0.15) is 39.3 Å². The number of hydrogen-bond donors (Lipinski definition) is 0. The number of piperazine rings is 1. The van der Waals surface area contributed by atoms with E-state index in [1.165, 1.54) is 23.5 Å². The normalized spacial score (nSPS) is 19.8. The largest absolute Gasteiger partial charge is 0.353 e. The zero-order chi connectivity index (χ0) is 28.7. The summed E-state index contributed by atoms with van der Waals surface area (Å²) in [5.74, 6) is 1.77. The van der Waals surface area contributed by atoms with Gasteiger partial charge in [-0.1, -0.05) is 6.92 Å². The average Bonchev–Trinajstić information content (AvgIpc) is 3.70. The van der Waals surface area contributed by atoms with E-state index in [0.29, 0.717) is 18.6 Å². The Morgan fingerprint density at radius 1 is 1.02 bits per heavy atom. The Kier molecular flexibility index (Phi) is 7.65. The first-order valence-corrected chi connectivity index (χ1v) is 15.3. The smallest absolute Gasteiger partial charge is 0.237 e. The first-order chi connectivity index (χ1) is 19.8. The summed E-state index contributed by atoms with van der Waals surface area (Å²) in [5, 5.41) is 7.84. The van der Waals surface area contributed by atoms with E-state index in [1.807, 2.05) is 34.0 Å². The van der Waals surface area contributed by atoms with Crippen molar-refractivity contribution in [3.8, 4) is 11.3 Å². The van der Waals surface area contributed by atoms with Crippen LogP contribution in [0.3, 0.4) is 0 Å². The molecule has 4 aromatic rings. The number of aromatic nitrogens is 4. The van der Waals surface area contributed by atoms with Crippen molar-refractivity contribution in [2.45, 2.75) is 52.1 Å². The fourth-order valence-corrected chi connectivity index (χ4v) is 6.86. The molecule has 0 spiro atoms. The molecule has 41 heavy (non-hydrogen) atoms. The number of aryl methyl sites for hydroxylation is 1. The molecule has 11 heteroatoms. The standard InChI is InChI=1S/C30H37FN8OS/c1-5-24-29(35(4)30-33-25(19-41-30)22-8-10-23(31)11-9-22)39-26(32-24)12-13-27(34-39)37-16-14-36(15-17-37)18-28(40)38-20(2)6-7-21(38)3/h8-13,19-21H,5-7,14-18H2,1-4H3. The zero-order valence-electron chi connectivity index (χ0n) is 24.1. The number of fused-ring (bicyclic) bond motifs is 1. The molecule has 1 aromatic carbocycles. The van der Waals surface area contributed by atoms with Gasteiger partial charge in [-0.25, -0.2) is 14.4 Å². The van der Waals surface area contributed by atoms with E-state index < -0.39 is 0 Å². The molecule has 2 atom stereocenters. The fraction of sp³-hybridized carbons (Fsp3) is 0.467. The number of hydrogen-bond acceptors (Lipinski definition) is 8. The molecule has 5 heterocycles. The molecule has 2 aliphatic heterocycles. The van der Waals surface area contributed by atoms with Crippen molar-refractivity contribution in [3.05, 3.63) is 53.3 Å². The Labute approximate surface area is 244 Å². The van der Waals surface area contributed by atoms with Gasteiger partial charge < -0.3 is 14.7 Å². The second-order valence-corrected chi connectivity index (χ2v) is 12.0. The number of benzene rings is 1. The topological polar surface area (TPSA) is 73.1 Å². The summed E-state index contributed by atoms with van der Waals surface area (Å²) in [6, 6.07) is 11.1. The second-order valence-electron chi connectivity index (χ2n) is 11.1. The predicted octanol–water partition coefficient (Wildman–Crippen LogP) is 4.84. The first kappa shape index (κ1) is 27.6. The van der Waals surface area contributed by atoms with Crippen LogP contribution in [0.15, 0.2) is 41.8 Å². The van der Waals surface area contributed by atoms with Crippen LogP contribution in [0.4, 0.5) is 21.2 Å². The van der Waals surface area contributed by atoms with Gasteiger partial charge in [-0.3, -0.25) is 9.69 Å². The maximum Gasteiger partial charge on any atom is 0.237 e. The summed E-state index contributed by atoms with van der Waals surface area (Å²) in [6.45, 7) is 10.2. The third-order valence-corrected chi connectivity index (χ3v) is 9.29. The van der Waals surface area contributed by atoms with Gasteiger partial charge in [-0.05, 0) is 69.5 Å². The lowest BCUT2D eigenvalue weighted by atomic mass is 10.2. The van der Waals surface area contributed by atoms with Gasteiger partial charge in [-0.2, -0.15) is 4.52 Å². The first-order valence-electron chi connectivity index (χ1n) is 14.4. The van der Waals surface area contributed by atoms with Crippen molar-refractivity contribution in [2.75, 3.05) is 49.6 Å². The van der Waals surface area contributed by atoms with Gasteiger partial charge in [0.05, 0.1) is 17.9 Å². The minimum atomic E-state index is -0.261. The molecule has 2 aliphatic rings. The number of halogens is 1. The van der Waals surface area contributed by atoms with Crippen LogP contribution in [0, 0.1) is 5.82 Å². The number of amides is 1. The van der Waals surface area contributed by atoms with Crippen molar-refractivity contribution in [1.29, 1.82) is 0 Å². The number of thiazole rings is 1. The van der Waals surface area contributed by atoms with E-state index in [1.54, 1.807) is 12.1 Å². The molecule has 2 fully saturated rings. The van der Waals surface area contributed by atoms with Gasteiger partial charge in [0.15, 0.2) is 16.6 Å². The highest BCUT2D eigenvalue weighted by Gasteiger charge is 2.32. The SMILES string of the molecule is CCc1nc2ccc(N3CCN(CC(=O)N4C(C)CCC4C)CC3)nn2c1N(C)c1nc(-c2ccc(F)cc2)cs1. The summed E-state index contributed by atoms with van der Waals surface area (Å²) < 4.78 is 15.3. The summed E-state index contributed by atoms with van der Waals surface area (Å²) in [5.41, 5.74) is 3.43. The molecule has 6 rings (SSSR count). The molecule has 0 N–H and O–H groups in total. The van der Waals surface area contributed by atoms with Crippen LogP contribution in [0.25, 0.3) is 16.9 Å². The molecule has 216 valence electrons. The molecule has 2 saturated heterocycles. The number of imidazole rings is 1. The van der Waals surface area contributed by atoms with E-state index >= 15 is 0 Å². The Hall–Kier alpha value is -3.57. The number of carbonyl (C=O) groups is 1. The van der Waals surface area contributed by atoms with Crippen molar-refractivity contribution < 1.29 is 9.18 Å². The number of likely N-dealkylation sites (tertiary alicyclic amines) is 1. The molecular formula is C30H37FN8OS. The zero-order valence-corrected chi connectivity index (χ0v) is 24.9. The average molecular weight is 577 g/mol. The monoisotopic (exact) mass is 576 g/mol. The van der Waals surface area contributed by atoms with Gasteiger partial charge in [0.1, 0.15) is 11.6 Å². The molecule has 0 radical (unpaired) electrons. The van der Waals surface area contributed by atoms with Gasteiger partial charge in [-0.15, -0.1) is 16.4 Å². The minimum absolute atomic E-state index is 0.249. The highest BCUT2D eigenvalue weighted by atomic mass is 32.1.